The Morgan fingerprint density at radius 3 is 2.28 bits per heavy atom. The van der Waals surface area contributed by atoms with Gasteiger partial charge in [-0.15, -0.1) is 11.3 Å². The fourth-order valence-electron chi connectivity index (χ4n) is 2.56. The zero-order valence-corrected chi connectivity index (χ0v) is 13.0. The normalized spacial score (nSPS) is 21.5. The Balaban J connectivity index is 1.73. The summed E-state index contributed by atoms with van der Waals surface area (Å²) in [5.74, 6) is 1.88. The van der Waals surface area contributed by atoms with E-state index in [1.54, 1.807) is 0 Å². The van der Waals surface area contributed by atoms with Gasteiger partial charge in [0.2, 0.25) is 0 Å². The van der Waals surface area contributed by atoms with Gasteiger partial charge in [0.15, 0.2) is 0 Å². The van der Waals surface area contributed by atoms with Crippen LogP contribution in [0.15, 0.2) is 15.9 Å². The molecule has 0 aliphatic heterocycles. The second-order valence-corrected chi connectivity index (χ2v) is 7.53. The molecule has 1 atom stereocenters. The van der Waals surface area contributed by atoms with Gasteiger partial charge in [-0.1, -0.05) is 0 Å². The molecule has 2 saturated carbocycles. The number of thiophene rings is 1. The quantitative estimate of drug-likeness (QED) is 0.828. The highest BCUT2D eigenvalue weighted by atomic mass is 79.9. The third kappa shape index (κ3) is 3.16. The van der Waals surface area contributed by atoms with Crippen LogP contribution in [-0.4, -0.2) is 24.5 Å². The van der Waals surface area contributed by atoms with Crippen molar-refractivity contribution in [2.24, 2.45) is 17.6 Å². The van der Waals surface area contributed by atoms with E-state index >= 15 is 0 Å². The monoisotopic (exact) mass is 328 g/mol. The highest BCUT2D eigenvalue weighted by Gasteiger charge is 2.33. The van der Waals surface area contributed by atoms with Crippen LogP contribution in [0.1, 0.15) is 36.6 Å². The molecule has 0 bridgehead atoms. The van der Waals surface area contributed by atoms with E-state index in [2.05, 4.69) is 32.3 Å². The predicted molar refractivity (Wildman–Crippen MR) is 80.8 cm³/mol. The number of halogens is 1. The van der Waals surface area contributed by atoms with Gasteiger partial charge in [0.05, 0.1) is 6.04 Å². The molecule has 0 spiro atoms. The van der Waals surface area contributed by atoms with Crippen LogP contribution >= 0.6 is 27.3 Å². The molecule has 2 N–H and O–H groups in total. The van der Waals surface area contributed by atoms with Gasteiger partial charge in [-0.05, 0) is 64.9 Å². The first-order valence-corrected chi connectivity index (χ1v) is 8.62. The molecule has 3 rings (SSSR count). The summed E-state index contributed by atoms with van der Waals surface area (Å²) in [6.07, 6.45) is 5.68. The zero-order valence-electron chi connectivity index (χ0n) is 10.6. The van der Waals surface area contributed by atoms with Gasteiger partial charge in [-0.3, -0.25) is 4.90 Å². The molecule has 0 saturated heterocycles. The maximum absolute atomic E-state index is 6.07. The Hall–Kier alpha value is 0.1000. The van der Waals surface area contributed by atoms with Crippen molar-refractivity contribution in [1.82, 2.24) is 4.90 Å². The lowest BCUT2D eigenvalue weighted by Gasteiger charge is -2.31. The number of hydrogen-bond donors (Lipinski definition) is 1. The van der Waals surface area contributed by atoms with E-state index in [4.69, 9.17) is 5.73 Å². The third-order valence-electron chi connectivity index (χ3n) is 3.99. The van der Waals surface area contributed by atoms with Crippen molar-refractivity contribution < 1.29 is 0 Å². The Bertz CT molecular complexity index is 384. The first-order valence-electron chi connectivity index (χ1n) is 6.95. The van der Waals surface area contributed by atoms with Crippen LogP contribution in [0, 0.1) is 11.8 Å². The van der Waals surface area contributed by atoms with Crippen molar-refractivity contribution in [2.45, 2.75) is 31.7 Å². The SMILES string of the molecule is NCC(c1sccc1Br)N(CC1CC1)CC1CC1. The maximum atomic E-state index is 6.07. The van der Waals surface area contributed by atoms with E-state index in [0.717, 1.165) is 18.4 Å². The Morgan fingerprint density at radius 1 is 1.28 bits per heavy atom. The fraction of sp³-hybridized carbons (Fsp3) is 0.714. The molecule has 0 radical (unpaired) electrons. The summed E-state index contributed by atoms with van der Waals surface area (Å²) in [6, 6.07) is 2.57. The number of nitrogens with two attached hydrogens (primary N) is 1. The summed E-state index contributed by atoms with van der Waals surface area (Å²) < 4.78 is 1.24. The minimum absolute atomic E-state index is 0.417. The molecule has 2 fully saturated rings. The number of hydrogen-bond acceptors (Lipinski definition) is 3. The summed E-state index contributed by atoms with van der Waals surface area (Å²) in [5.41, 5.74) is 6.07. The summed E-state index contributed by atoms with van der Waals surface area (Å²) >= 11 is 5.50. The van der Waals surface area contributed by atoms with Crippen molar-refractivity contribution >= 4 is 27.3 Å². The van der Waals surface area contributed by atoms with E-state index < -0.39 is 0 Å². The molecule has 2 aliphatic rings. The molecular weight excluding hydrogens is 308 g/mol. The third-order valence-corrected chi connectivity index (χ3v) is 5.96. The van der Waals surface area contributed by atoms with Crippen molar-refractivity contribution in [3.8, 4) is 0 Å². The molecule has 2 aliphatic carbocycles. The lowest BCUT2D eigenvalue weighted by atomic mass is 10.1. The van der Waals surface area contributed by atoms with Crippen LogP contribution in [0.4, 0.5) is 0 Å². The van der Waals surface area contributed by atoms with E-state index in [1.165, 1.54) is 48.1 Å². The van der Waals surface area contributed by atoms with Gasteiger partial charge in [0.25, 0.3) is 0 Å². The van der Waals surface area contributed by atoms with Crippen LogP contribution in [0.2, 0.25) is 0 Å². The molecule has 100 valence electrons. The van der Waals surface area contributed by atoms with Crippen LogP contribution < -0.4 is 5.73 Å². The van der Waals surface area contributed by atoms with Crippen molar-refractivity contribution in [2.75, 3.05) is 19.6 Å². The minimum Gasteiger partial charge on any atom is -0.329 e. The average Bonchev–Trinajstić information content (AvgIpc) is 3.25. The first-order chi connectivity index (χ1) is 8.78. The van der Waals surface area contributed by atoms with Gasteiger partial charge in [0.1, 0.15) is 0 Å². The van der Waals surface area contributed by atoms with Crippen LogP contribution in [0.25, 0.3) is 0 Å². The molecule has 4 heteroatoms. The topological polar surface area (TPSA) is 29.3 Å². The fourth-order valence-corrected chi connectivity index (χ4v) is 4.34. The molecule has 1 unspecified atom stereocenters. The van der Waals surface area contributed by atoms with Gasteiger partial charge in [-0.25, -0.2) is 0 Å². The lowest BCUT2D eigenvalue weighted by molar-refractivity contribution is 0.187. The Kier molecular flexibility index (Phi) is 4.09. The Labute approximate surface area is 122 Å². The lowest BCUT2D eigenvalue weighted by Crippen LogP contribution is -2.36. The molecule has 2 nitrogen and oxygen atoms in total. The summed E-state index contributed by atoms with van der Waals surface area (Å²) in [6.45, 7) is 3.24. The maximum Gasteiger partial charge on any atom is 0.0575 e. The van der Waals surface area contributed by atoms with Crippen LogP contribution in [0.5, 0.6) is 0 Å². The van der Waals surface area contributed by atoms with E-state index in [1.807, 2.05) is 11.3 Å². The van der Waals surface area contributed by atoms with Crippen molar-refractivity contribution in [1.29, 1.82) is 0 Å². The molecule has 0 aromatic carbocycles. The molecule has 1 aromatic rings. The summed E-state index contributed by atoms with van der Waals surface area (Å²) in [5, 5.41) is 2.16. The molecule has 0 amide bonds. The highest BCUT2D eigenvalue weighted by Crippen LogP contribution is 2.39. The van der Waals surface area contributed by atoms with E-state index in [-0.39, 0.29) is 0 Å². The molecular formula is C14H21BrN2S. The van der Waals surface area contributed by atoms with E-state index in [0.29, 0.717) is 6.04 Å². The van der Waals surface area contributed by atoms with Gasteiger partial charge >= 0.3 is 0 Å². The standard InChI is InChI=1S/C14H21BrN2S/c15-12-5-6-18-14(12)13(7-16)17(8-10-1-2-10)9-11-3-4-11/h5-6,10-11,13H,1-4,7-9,16H2. The summed E-state index contributed by atoms with van der Waals surface area (Å²) in [7, 11) is 0. The van der Waals surface area contributed by atoms with Crippen LogP contribution in [0.3, 0.4) is 0 Å². The molecule has 1 heterocycles. The van der Waals surface area contributed by atoms with Gasteiger partial charge in [0, 0.05) is 29.0 Å². The van der Waals surface area contributed by atoms with Gasteiger partial charge < -0.3 is 5.73 Å². The Morgan fingerprint density at radius 2 is 1.89 bits per heavy atom. The number of rotatable bonds is 7. The van der Waals surface area contributed by atoms with Gasteiger partial charge in [-0.2, -0.15) is 0 Å². The van der Waals surface area contributed by atoms with Crippen LogP contribution in [-0.2, 0) is 0 Å². The zero-order chi connectivity index (χ0) is 12.5. The minimum atomic E-state index is 0.417. The predicted octanol–water partition coefficient (Wildman–Crippen LogP) is 3.63. The molecule has 18 heavy (non-hydrogen) atoms. The highest BCUT2D eigenvalue weighted by molar-refractivity contribution is 9.10. The van der Waals surface area contributed by atoms with Crippen molar-refractivity contribution in [3.05, 3.63) is 20.8 Å². The largest absolute Gasteiger partial charge is 0.329 e. The summed E-state index contributed by atoms with van der Waals surface area (Å²) in [4.78, 5) is 4.07. The second-order valence-electron chi connectivity index (χ2n) is 5.72. The smallest absolute Gasteiger partial charge is 0.0575 e. The van der Waals surface area contributed by atoms with Crippen molar-refractivity contribution in [3.63, 3.8) is 0 Å². The first kappa shape index (κ1) is 13.1. The molecule has 1 aromatic heterocycles. The van der Waals surface area contributed by atoms with E-state index in [9.17, 15) is 0 Å². The second kappa shape index (κ2) is 5.61. The average molecular weight is 329 g/mol. The number of nitrogens with zero attached hydrogens (tertiary/aromatic N) is 1.